The summed E-state index contributed by atoms with van der Waals surface area (Å²) in [5.74, 6) is 0.856. The number of rotatable bonds is 10. The summed E-state index contributed by atoms with van der Waals surface area (Å²) in [6.07, 6.45) is 2.67. The fraction of sp³-hybridized carbons (Fsp3) is 0.423. The summed E-state index contributed by atoms with van der Waals surface area (Å²) in [7, 11) is 0. The summed E-state index contributed by atoms with van der Waals surface area (Å²) in [4.78, 5) is 30.6. The van der Waals surface area contributed by atoms with Gasteiger partial charge in [0.15, 0.2) is 0 Å². The third-order valence-electron chi connectivity index (χ3n) is 5.47. The molecule has 32 heavy (non-hydrogen) atoms. The number of nitrogens with one attached hydrogen (secondary N) is 2. The van der Waals surface area contributed by atoms with Gasteiger partial charge in [-0.3, -0.25) is 9.59 Å². The number of hydrogen-bond donors (Lipinski definition) is 2. The van der Waals surface area contributed by atoms with Gasteiger partial charge in [0.05, 0.1) is 17.1 Å². The smallest absolute Gasteiger partial charge is 0.251 e. The van der Waals surface area contributed by atoms with E-state index in [1.165, 1.54) is 0 Å². The Balaban J connectivity index is 1.94. The number of para-hydroxylation sites is 2. The van der Waals surface area contributed by atoms with E-state index in [-0.39, 0.29) is 30.4 Å². The molecule has 0 aliphatic rings. The quantitative estimate of drug-likeness (QED) is 0.478. The van der Waals surface area contributed by atoms with Gasteiger partial charge in [-0.2, -0.15) is 0 Å². The van der Waals surface area contributed by atoms with Gasteiger partial charge in [0.1, 0.15) is 12.4 Å². The molecule has 0 radical (unpaired) electrons. The van der Waals surface area contributed by atoms with Crippen LogP contribution in [0.25, 0.3) is 11.0 Å². The van der Waals surface area contributed by atoms with E-state index in [0.717, 1.165) is 30.3 Å². The van der Waals surface area contributed by atoms with Crippen LogP contribution >= 0.6 is 0 Å². The molecule has 0 spiro atoms. The standard InChI is InChI=1S/C26H34N4O2/c1-5-11-19(4)27-24(31)17-30-23-15-10-9-14-21(23)28-25(30)22(16-18(2)3)29-26(32)20-12-7-6-8-13-20/h6-10,12-15,18-19,22H,5,11,16-17H2,1-4H3,(H,27,31)(H,29,32)/t19-,22-/m0/s1. The molecular weight excluding hydrogens is 400 g/mol. The van der Waals surface area contributed by atoms with Crippen molar-refractivity contribution in [2.45, 2.75) is 65.6 Å². The molecule has 0 aliphatic carbocycles. The van der Waals surface area contributed by atoms with Crippen LogP contribution < -0.4 is 10.6 Å². The Morgan fingerprint density at radius 1 is 0.969 bits per heavy atom. The highest BCUT2D eigenvalue weighted by molar-refractivity contribution is 5.94. The van der Waals surface area contributed by atoms with Crippen molar-refractivity contribution in [3.63, 3.8) is 0 Å². The lowest BCUT2D eigenvalue weighted by molar-refractivity contribution is -0.122. The minimum absolute atomic E-state index is 0.0481. The number of fused-ring (bicyclic) bond motifs is 1. The molecule has 0 saturated heterocycles. The highest BCUT2D eigenvalue weighted by Crippen LogP contribution is 2.26. The van der Waals surface area contributed by atoms with Crippen molar-refractivity contribution in [2.24, 2.45) is 5.92 Å². The Labute approximate surface area is 190 Å². The van der Waals surface area contributed by atoms with Gasteiger partial charge in [0.2, 0.25) is 5.91 Å². The zero-order valence-corrected chi connectivity index (χ0v) is 19.5. The van der Waals surface area contributed by atoms with E-state index in [1.54, 1.807) is 12.1 Å². The summed E-state index contributed by atoms with van der Waals surface area (Å²) < 4.78 is 1.95. The minimum Gasteiger partial charge on any atom is -0.352 e. The van der Waals surface area contributed by atoms with Crippen molar-refractivity contribution in [1.82, 2.24) is 20.2 Å². The Morgan fingerprint density at radius 2 is 1.66 bits per heavy atom. The van der Waals surface area contributed by atoms with Gasteiger partial charge >= 0.3 is 0 Å². The molecule has 3 aromatic rings. The first-order chi connectivity index (χ1) is 15.4. The average Bonchev–Trinajstić information content (AvgIpc) is 3.12. The number of hydrogen-bond acceptors (Lipinski definition) is 3. The Hall–Kier alpha value is -3.15. The Kier molecular flexibility index (Phi) is 8.03. The van der Waals surface area contributed by atoms with Gasteiger partial charge in [0, 0.05) is 11.6 Å². The van der Waals surface area contributed by atoms with Gasteiger partial charge in [-0.25, -0.2) is 4.98 Å². The van der Waals surface area contributed by atoms with E-state index >= 15 is 0 Å². The van der Waals surface area contributed by atoms with Crippen molar-refractivity contribution >= 4 is 22.8 Å². The van der Waals surface area contributed by atoms with Crippen molar-refractivity contribution in [3.05, 3.63) is 66.0 Å². The number of aromatic nitrogens is 2. The minimum atomic E-state index is -0.309. The van der Waals surface area contributed by atoms with Crippen molar-refractivity contribution in [1.29, 1.82) is 0 Å². The monoisotopic (exact) mass is 434 g/mol. The summed E-state index contributed by atoms with van der Waals surface area (Å²) in [5, 5.41) is 6.25. The summed E-state index contributed by atoms with van der Waals surface area (Å²) in [6, 6.07) is 16.8. The van der Waals surface area contributed by atoms with Gasteiger partial charge in [0.25, 0.3) is 5.91 Å². The number of benzene rings is 2. The van der Waals surface area contributed by atoms with E-state index in [4.69, 9.17) is 4.98 Å². The molecule has 1 aromatic heterocycles. The zero-order valence-electron chi connectivity index (χ0n) is 19.5. The first-order valence-corrected chi connectivity index (χ1v) is 11.5. The lowest BCUT2D eigenvalue weighted by atomic mass is 10.0. The van der Waals surface area contributed by atoms with Crippen LogP contribution in [0.4, 0.5) is 0 Å². The van der Waals surface area contributed by atoms with Crippen LogP contribution in [0.3, 0.4) is 0 Å². The molecule has 2 N–H and O–H groups in total. The normalized spacial score (nSPS) is 13.2. The van der Waals surface area contributed by atoms with Crippen LogP contribution in [-0.4, -0.2) is 27.4 Å². The van der Waals surface area contributed by atoms with Crippen LogP contribution in [0.5, 0.6) is 0 Å². The van der Waals surface area contributed by atoms with Crippen LogP contribution in [0.2, 0.25) is 0 Å². The molecule has 6 heteroatoms. The fourth-order valence-corrected chi connectivity index (χ4v) is 4.03. The van der Waals surface area contributed by atoms with Crippen molar-refractivity contribution in [3.8, 4) is 0 Å². The molecular formula is C26H34N4O2. The zero-order chi connectivity index (χ0) is 23.1. The largest absolute Gasteiger partial charge is 0.352 e. The molecule has 2 amide bonds. The SMILES string of the molecule is CCC[C@H](C)NC(=O)Cn1c([C@H](CC(C)C)NC(=O)c2ccccc2)nc2ccccc21. The molecule has 2 atom stereocenters. The molecule has 0 unspecified atom stereocenters. The van der Waals surface area contributed by atoms with Gasteiger partial charge in [-0.1, -0.05) is 57.5 Å². The second kappa shape index (κ2) is 10.9. The second-order valence-electron chi connectivity index (χ2n) is 8.82. The van der Waals surface area contributed by atoms with Crippen LogP contribution in [0.15, 0.2) is 54.6 Å². The summed E-state index contributed by atoms with van der Waals surface area (Å²) in [5.41, 5.74) is 2.32. The van der Waals surface area contributed by atoms with E-state index in [0.29, 0.717) is 17.3 Å². The molecule has 2 aromatic carbocycles. The molecule has 1 heterocycles. The van der Waals surface area contributed by atoms with E-state index in [2.05, 4.69) is 31.4 Å². The van der Waals surface area contributed by atoms with E-state index in [1.807, 2.05) is 54.0 Å². The Morgan fingerprint density at radius 3 is 2.34 bits per heavy atom. The van der Waals surface area contributed by atoms with Crippen molar-refractivity contribution in [2.75, 3.05) is 0 Å². The lowest BCUT2D eigenvalue weighted by Crippen LogP contribution is -2.36. The number of amides is 2. The summed E-state index contributed by atoms with van der Waals surface area (Å²) >= 11 is 0. The highest BCUT2D eigenvalue weighted by Gasteiger charge is 2.25. The van der Waals surface area contributed by atoms with E-state index in [9.17, 15) is 9.59 Å². The highest BCUT2D eigenvalue weighted by atomic mass is 16.2. The maximum absolute atomic E-state index is 12.9. The molecule has 3 rings (SSSR count). The topological polar surface area (TPSA) is 76.0 Å². The van der Waals surface area contributed by atoms with Crippen molar-refractivity contribution < 1.29 is 9.59 Å². The first-order valence-electron chi connectivity index (χ1n) is 11.5. The van der Waals surface area contributed by atoms with E-state index < -0.39 is 0 Å². The maximum Gasteiger partial charge on any atom is 0.251 e. The number of carbonyl (C=O) groups is 2. The Bertz CT molecular complexity index is 1040. The van der Waals surface area contributed by atoms with Gasteiger partial charge in [-0.05, 0) is 49.9 Å². The number of carbonyl (C=O) groups excluding carboxylic acids is 2. The molecule has 0 bridgehead atoms. The molecule has 0 saturated carbocycles. The molecule has 0 aliphatic heterocycles. The number of nitrogens with zero attached hydrogens (tertiary/aromatic N) is 2. The number of imidazole rings is 1. The molecule has 170 valence electrons. The van der Waals surface area contributed by atoms with Crippen LogP contribution in [-0.2, 0) is 11.3 Å². The fourth-order valence-electron chi connectivity index (χ4n) is 4.03. The average molecular weight is 435 g/mol. The van der Waals surface area contributed by atoms with Crippen LogP contribution in [0.1, 0.15) is 69.2 Å². The van der Waals surface area contributed by atoms with Gasteiger partial charge < -0.3 is 15.2 Å². The predicted octanol–water partition coefficient (Wildman–Crippen LogP) is 4.86. The second-order valence-corrected chi connectivity index (χ2v) is 8.82. The third kappa shape index (κ3) is 5.96. The summed E-state index contributed by atoms with van der Waals surface area (Å²) in [6.45, 7) is 8.54. The van der Waals surface area contributed by atoms with Gasteiger partial charge in [-0.15, -0.1) is 0 Å². The molecule has 0 fully saturated rings. The molecule has 6 nitrogen and oxygen atoms in total. The predicted molar refractivity (Wildman–Crippen MR) is 128 cm³/mol. The maximum atomic E-state index is 12.9. The van der Waals surface area contributed by atoms with Crippen LogP contribution in [0, 0.1) is 5.92 Å². The lowest BCUT2D eigenvalue weighted by Gasteiger charge is -2.22. The first kappa shape index (κ1) is 23.5. The third-order valence-corrected chi connectivity index (χ3v) is 5.47.